The summed E-state index contributed by atoms with van der Waals surface area (Å²) in [6, 6.07) is -1.40. The Balaban J connectivity index is 2.74. The first kappa shape index (κ1) is 13.9. The summed E-state index contributed by atoms with van der Waals surface area (Å²) in [5.74, 6) is -0.473. The molecule has 0 aromatic carbocycles. The molecular weight excluding hydrogens is 238 g/mol. The fourth-order valence-corrected chi connectivity index (χ4v) is 1.70. The van der Waals surface area contributed by atoms with E-state index in [1.54, 1.807) is 0 Å². The summed E-state index contributed by atoms with van der Waals surface area (Å²) < 4.78 is 0. The molecule has 8 heteroatoms. The first-order chi connectivity index (χ1) is 8.50. The number of rotatable bonds is 6. The number of unbranched alkanes of at least 4 members (excludes halogenated alkanes) is 2. The van der Waals surface area contributed by atoms with Gasteiger partial charge in [-0.05, 0) is 6.42 Å². The van der Waals surface area contributed by atoms with Crippen molar-refractivity contribution in [2.75, 3.05) is 0 Å². The van der Waals surface area contributed by atoms with Gasteiger partial charge in [-0.2, -0.15) is 5.10 Å². The highest BCUT2D eigenvalue weighted by molar-refractivity contribution is 6.16. The van der Waals surface area contributed by atoms with E-state index >= 15 is 0 Å². The average molecular weight is 255 g/mol. The van der Waals surface area contributed by atoms with Gasteiger partial charge in [0.1, 0.15) is 0 Å². The first-order valence-corrected chi connectivity index (χ1v) is 5.73. The number of carbonyl (C=O) groups excluding carboxylic acids is 3. The molecule has 1 saturated heterocycles. The molecule has 0 unspecified atom stereocenters. The van der Waals surface area contributed by atoms with E-state index in [2.05, 4.69) is 15.7 Å². The molecule has 8 nitrogen and oxygen atoms in total. The molecular formula is C10H17N5O3. The number of urea groups is 2. The molecule has 0 radical (unpaired) electrons. The lowest BCUT2D eigenvalue weighted by Crippen LogP contribution is -2.49. The molecule has 1 rings (SSSR count). The predicted octanol–water partition coefficient (Wildman–Crippen LogP) is -0.201. The summed E-state index contributed by atoms with van der Waals surface area (Å²) in [5.41, 5.74) is 5.65. The number of nitrogens with two attached hydrogens (primary N) is 1. The van der Waals surface area contributed by atoms with Crippen LogP contribution in [0.2, 0.25) is 0 Å². The Hall–Kier alpha value is -2.12. The van der Waals surface area contributed by atoms with Crippen LogP contribution in [0.3, 0.4) is 0 Å². The summed E-state index contributed by atoms with van der Waals surface area (Å²) in [5, 5.41) is 8.22. The smallest absolute Gasteiger partial charge is 0.332 e. The number of carbonyl (C=O) groups is 3. The molecule has 1 fully saturated rings. The summed E-state index contributed by atoms with van der Waals surface area (Å²) >= 11 is 0. The van der Waals surface area contributed by atoms with Gasteiger partial charge in [0.15, 0.2) is 5.54 Å². The minimum absolute atomic E-state index is 0.419. The molecule has 1 heterocycles. The Morgan fingerprint density at radius 1 is 1.50 bits per heavy atom. The SMILES string of the molecule is CCCCC[C@@]1(/C=N\NC(N)=O)NC(=O)NC1=O. The van der Waals surface area contributed by atoms with Gasteiger partial charge in [-0.25, -0.2) is 15.0 Å². The van der Waals surface area contributed by atoms with E-state index in [0.29, 0.717) is 6.42 Å². The van der Waals surface area contributed by atoms with Crippen LogP contribution in [0.4, 0.5) is 9.59 Å². The topological polar surface area (TPSA) is 126 Å². The molecule has 1 atom stereocenters. The highest BCUT2D eigenvalue weighted by atomic mass is 16.2. The van der Waals surface area contributed by atoms with E-state index in [1.165, 1.54) is 6.21 Å². The fourth-order valence-electron chi connectivity index (χ4n) is 1.70. The maximum atomic E-state index is 11.7. The second-order valence-corrected chi connectivity index (χ2v) is 4.07. The summed E-state index contributed by atoms with van der Waals surface area (Å²) in [6.45, 7) is 2.03. The number of primary amides is 1. The predicted molar refractivity (Wildman–Crippen MR) is 64.8 cm³/mol. The number of imide groups is 1. The Morgan fingerprint density at radius 3 is 2.72 bits per heavy atom. The van der Waals surface area contributed by atoms with E-state index < -0.39 is 23.5 Å². The molecule has 0 aliphatic carbocycles. The van der Waals surface area contributed by atoms with Crippen molar-refractivity contribution in [1.82, 2.24) is 16.1 Å². The number of nitrogens with one attached hydrogen (secondary N) is 3. The number of hydrazone groups is 1. The minimum atomic E-state index is -1.20. The number of hydrogen-bond donors (Lipinski definition) is 4. The standard InChI is InChI=1S/C10H17N5O3/c1-2-3-4-5-10(6-12-15-8(11)17)7(16)13-9(18)14-10/h6H,2-5H2,1H3,(H3,11,15,17)(H2,13,14,16,18)/b12-6-/t10-/m0/s1. The highest BCUT2D eigenvalue weighted by Crippen LogP contribution is 2.17. The maximum Gasteiger partial charge on any atom is 0.332 e. The molecule has 0 aromatic rings. The third-order valence-electron chi connectivity index (χ3n) is 2.60. The summed E-state index contributed by atoms with van der Waals surface area (Å²) in [6.07, 6.45) is 4.30. The lowest BCUT2D eigenvalue weighted by molar-refractivity contribution is -0.121. The van der Waals surface area contributed by atoms with Gasteiger partial charge in [-0.1, -0.05) is 26.2 Å². The van der Waals surface area contributed by atoms with Crippen LogP contribution in [0.5, 0.6) is 0 Å². The van der Waals surface area contributed by atoms with Crippen molar-refractivity contribution in [2.24, 2.45) is 10.8 Å². The van der Waals surface area contributed by atoms with E-state index in [0.717, 1.165) is 19.3 Å². The van der Waals surface area contributed by atoms with Crippen molar-refractivity contribution < 1.29 is 14.4 Å². The van der Waals surface area contributed by atoms with E-state index in [-0.39, 0.29) is 0 Å². The van der Waals surface area contributed by atoms with Crippen molar-refractivity contribution in [3.63, 3.8) is 0 Å². The van der Waals surface area contributed by atoms with Crippen molar-refractivity contribution in [2.45, 2.75) is 38.1 Å². The fraction of sp³-hybridized carbons (Fsp3) is 0.600. The average Bonchev–Trinajstić information content (AvgIpc) is 2.54. The third kappa shape index (κ3) is 3.44. The summed E-state index contributed by atoms with van der Waals surface area (Å²) in [4.78, 5) is 33.4. The molecule has 18 heavy (non-hydrogen) atoms. The lowest BCUT2D eigenvalue weighted by Gasteiger charge is -2.20. The number of hydrogen-bond acceptors (Lipinski definition) is 4. The Labute approximate surface area is 104 Å². The van der Waals surface area contributed by atoms with Crippen LogP contribution in [-0.2, 0) is 4.79 Å². The molecule has 0 aromatic heterocycles. The van der Waals surface area contributed by atoms with Crippen LogP contribution in [0, 0.1) is 0 Å². The quantitative estimate of drug-likeness (QED) is 0.227. The zero-order chi connectivity index (χ0) is 13.6. The molecule has 1 aliphatic rings. The van der Waals surface area contributed by atoms with Crippen molar-refractivity contribution >= 4 is 24.2 Å². The van der Waals surface area contributed by atoms with Crippen LogP contribution in [0.15, 0.2) is 5.10 Å². The van der Waals surface area contributed by atoms with Gasteiger partial charge in [-0.15, -0.1) is 0 Å². The van der Waals surface area contributed by atoms with Gasteiger partial charge in [0.25, 0.3) is 5.91 Å². The molecule has 0 spiro atoms. The number of amides is 5. The van der Waals surface area contributed by atoms with Gasteiger partial charge in [0, 0.05) is 0 Å². The molecule has 0 bridgehead atoms. The van der Waals surface area contributed by atoms with Crippen molar-refractivity contribution in [3.8, 4) is 0 Å². The first-order valence-electron chi connectivity index (χ1n) is 5.73. The molecule has 5 amide bonds. The normalized spacial score (nSPS) is 22.9. The van der Waals surface area contributed by atoms with Crippen LogP contribution < -0.4 is 21.8 Å². The van der Waals surface area contributed by atoms with Crippen LogP contribution >= 0.6 is 0 Å². The van der Waals surface area contributed by atoms with Crippen LogP contribution in [0.25, 0.3) is 0 Å². The second kappa shape index (κ2) is 5.99. The van der Waals surface area contributed by atoms with Gasteiger partial charge in [0.2, 0.25) is 0 Å². The third-order valence-corrected chi connectivity index (χ3v) is 2.60. The second-order valence-electron chi connectivity index (χ2n) is 4.07. The highest BCUT2D eigenvalue weighted by Gasteiger charge is 2.44. The van der Waals surface area contributed by atoms with E-state index in [9.17, 15) is 14.4 Å². The Kier molecular flexibility index (Phi) is 4.64. The molecule has 100 valence electrons. The minimum Gasteiger partial charge on any atom is -0.350 e. The van der Waals surface area contributed by atoms with E-state index in [1.807, 2.05) is 12.3 Å². The van der Waals surface area contributed by atoms with Crippen molar-refractivity contribution in [1.29, 1.82) is 0 Å². The van der Waals surface area contributed by atoms with Gasteiger partial charge < -0.3 is 11.1 Å². The Morgan fingerprint density at radius 2 is 2.22 bits per heavy atom. The van der Waals surface area contributed by atoms with Crippen molar-refractivity contribution in [3.05, 3.63) is 0 Å². The van der Waals surface area contributed by atoms with Gasteiger partial charge in [-0.3, -0.25) is 10.1 Å². The summed E-state index contributed by atoms with van der Waals surface area (Å²) in [7, 11) is 0. The largest absolute Gasteiger partial charge is 0.350 e. The zero-order valence-electron chi connectivity index (χ0n) is 10.2. The van der Waals surface area contributed by atoms with E-state index in [4.69, 9.17) is 5.73 Å². The molecule has 5 N–H and O–H groups in total. The monoisotopic (exact) mass is 255 g/mol. The maximum absolute atomic E-state index is 11.7. The Bertz CT molecular complexity index is 382. The lowest BCUT2D eigenvalue weighted by atomic mass is 9.94. The molecule has 0 saturated carbocycles. The van der Waals surface area contributed by atoms with Gasteiger partial charge >= 0.3 is 12.1 Å². The van der Waals surface area contributed by atoms with Gasteiger partial charge in [0.05, 0.1) is 6.21 Å². The molecule has 1 aliphatic heterocycles. The zero-order valence-corrected chi connectivity index (χ0v) is 10.2. The van der Waals surface area contributed by atoms with Crippen LogP contribution in [-0.4, -0.2) is 29.7 Å². The van der Waals surface area contributed by atoms with Crippen LogP contribution in [0.1, 0.15) is 32.6 Å². The number of nitrogens with zero attached hydrogens (tertiary/aromatic N) is 1.